The van der Waals surface area contributed by atoms with Gasteiger partial charge in [0.2, 0.25) is 0 Å². The number of amides is 1. The second-order valence-electron chi connectivity index (χ2n) is 7.72. The fraction of sp³-hybridized carbons (Fsp3) is 0.500. The van der Waals surface area contributed by atoms with Crippen molar-refractivity contribution in [2.45, 2.75) is 57.9 Å². The standard InChI is InChI=1S/C20H28N2O4S/c1-5-8-17(22-19(23)26-20(2,3)4)14-27(24,25)13-15-11-16-9-6-7-10-18(16)21-12-15/h6-7,9-12,17H,5,8,13-14H2,1-4H3,(H,22,23)/t17-/m0/s1. The summed E-state index contributed by atoms with van der Waals surface area (Å²) in [5.74, 6) is -0.242. The van der Waals surface area contributed by atoms with Crippen LogP contribution >= 0.6 is 0 Å². The largest absolute Gasteiger partial charge is 0.444 e. The van der Waals surface area contributed by atoms with E-state index in [1.165, 1.54) is 0 Å². The second kappa shape index (κ2) is 8.69. The highest BCUT2D eigenvalue weighted by molar-refractivity contribution is 7.90. The molecule has 1 aromatic carbocycles. The van der Waals surface area contributed by atoms with Gasteiger partial charge in [0.1, 0.15) is 5.60 Å². The summed E-state index contributed by atoms with van der Waals surface area (Å²) in [6, 6.07) is 8.94. The molecule has 1 N–H and O–H groups in total. The van der Waals surface area contributed by atoms with Crippen LogP contribution in [-0.2, 0) is 20.3 Å². The Morgan fingerprint density at radius 3 is 2.63 bits per heavy atom. The van der Waals surface area contributed by atoms with E-state index in [2.05, 4.69) is 10.3 Å². The van der Waals surface area contributed by atoms with E-state index in [-0.39, 0.29) is 11.5 Å². The summed E-state index contributed by atoms with van der Waals surface area (Å²) >= 11 is 0. The van der Waals surface area contributed by atoms with Crippen LogP contribution in [0.15, 0.2) is 36.5 Å². The molecule has 0 aliphatic rings. The van der Waals surface area contributed by atoms with E-state index >= 15 is 0 Å². The Labute approximate surface area is 161 Å². The highest BCUT2D eigenvalue weighted by atomic mass is 32.2. The van der Waals surface area contributed by atoms with Crippen molar-refractivity contribution in [3.8, 4) is 0 Å². The first-order chi connectivity index (χ1) is 12.6. The quantitative estimate of drug-likeness (QED) is 0.774. The average Bonchev–Trinajstić information content (AvgIpc) is 2.52. The number of alkyl carbamates (subject to hydrolysis) is 1. The van der Waals surface area contributed by atoms with Crippen molar-refractivity contribution in [1.82, 2.24) is 10.3 Å². The number of carbonyl (C=O) groups excluding carboxylic acids is 1. The summed E-state index contributed by atoms with van der Waals surface area (Å²) in [7, 11) is -3.42. The molecule has 0 saturated heterocycles. The molecule has 1 atom stereocenters. The molecule has 27 heavy (non-hydrogen) atoms. The first-order valence-electron chi connectivity index (χ1n) is 9.11. The molecule has 0 saturated carbocycles. The predicted octanol–water partition coefficient (Wildman–Crippen LogP) is 3.84. The van der Waals surface area contributed by atoms with Gasteiger partial charge < -0.3 is 10.1 Å². The van der Waals surface area contributed by atoms with Gasteiger partial charge in [-0.25, -0.2) is 13.2 Å². The Balaban J connectivity index is 2.07. The monoisotopic (exact) mass is 392 g/mol. The smallest absolute Gasteiger partial charge is 0.407 e. The van der Waals surface area contributed by atoms with E-state index in [4.69, 9.17) is 4.74 Å². The molecule has 0 aliphatic heterocycles. The fourth-order valence-corrected chi connectivity index (χ4v) is 4.48. The minimum atomic E-state index is -3.42. The first kappa shape index (κ1) is 21.2. The molecule has 2 aromatic rings. The second-order valence-corrected chi connectivity index (χ2v) is 9.83. The zero-order chi connectivity index (χ0) is 20.1. The van der Waals surface area contributed by atoms with Crippen molar-refractivity contribution in [3.05, 3.63) is 42.1 Å². The third kappa shape index (κ3) is 7.17. The number of fused-ring (bicyclic) bond motifs is 1. The van der Waals surface area contributed by atoms with Gasteiger partial charge in [-0.1, -0.05) is 31.5 Å². The highest BCUT2D eigenvalue weighted by Gasteiger charge is 2.24. The lowest BCUT2D eigenvalue weighted by molar-refractivity contribution is 0.0507. The van der Waals surface area contributed by atoms with Crippen LogP contribution in [-0.4, -0.2) is 36.9 Å². The number of pyridine rings is 1. The van der Waals surface area contributed by atoms with Gasteiger partial charge in [0, 0.05) is 17.6 Å². The third-order valence-electron chi connectivity index (χ3n) is 3.85. The molecule has 0 aliphatic carbocycles. The molecule has 0 bridgehead atoms. The summed E-state index contributed by atoms with van der Waals surface area (Å²) in [6.45, 7) is 7.25. The van der Waals surface area contributed by atoms with Gasteiger partial charge in [-0.15, -0.1) is 0 Å². The van der Waals surface area contributed by atoms with Crippen LogP contribution in [0.3, 0.4) is 0 Å². The lowest BCUT2D eigenvalue weighted by atomic mass is 10.2. The van der Waals surface area contributed by atoms with Crippen molar-refractivity contribution >= 4 is 26.8 Å². The number of hydrogen-bond donors (Lipinski definition) is 1. The summed E-state index contributed by atoms with van der Waals surface area (Å²) in [4.78, 5) is 16.3. The number of rotatable bonds is 7. The normalized spacial score (nSPS) is 13.3. The first-order valence-corrected chi connectivity index (χ1v) is 10.9. The minimum absolute atomic E-state index is 0.110. The number of hydrogen-bond acceptors (Lipinski definition) is 5. The van der Waals surface area contributed by atoms with E-state index < -0.39 is 27.6 Å². The van der Waals surface area contributed by atoms with E-state index in [0.29, 0.717) is 12.0 Å². The summed E-state index contributed by atoms with van der Waals surface area (Å²) in [5.41, 5.74) is 0.839. The van der Waals surface area contributed by atoms with Gasteiger partial charge >= 0.3 is 6.09 Å². The molecule has 0 spiro atoms. The van der Waals surface area contributed by atoms with Crippen LogP contribution < -0.4 is 5.32 Å². The van der Waals surface area contributed by atoms with Gasteiger partial charge in [0.25, 0.3) is 0 Å². The number of nitrogens with zero attached hydrogens (tertiary/aromatic N) is 1. The fourth-order valence-electron chi connectivity index (χ4n) is 2.83. The molecule has 1 heterocycles. The number of para-hydroxylation sites is 1. The van der Waals surface area contributed by atoms with Crippen LogP contribution in [0.2, 0.25) is 0 Å². The number of aromatic nitrogens is 1. The summed E-state index contributed by atoms with van der Waals surface area (Å²) < 4.78 is 30.6. The summed E-state index contributed by atoms with van der Waals surface area (Å²) in [5, 5.41) is 3.59. The number of sulfone groups is 1. The molecule has 6 nitrogen and oxygen atoms in total. The molecule has 2 rings (SSSR count). The Morgan fingerprint density at radius 2 is 1.96 bits per heavy atom. The van der Waals surface area contributed by atoms with Crippen molar-refractivity contribution < 1.29 is 17.9 Å². The van der Waals surface area contributed by atoms with Gasteiger partial charge in [-0.3, -0.25) is 4.98 Å². The van der Waals surface area contributed by atoms with Crippen molar-refractivity contribution in [2.75, 3.05) is 5.75 Å². The number of benzene rings is 1. The van der Waals surface area contributed by atoms with Crippen molar-refractivity contribution in [3.63, 3.8) is 0 Å². The molecule has 1 aromatic heterocycles. The summed E-state index contributed by atoms with van der Waals surface area (Å²) in [6.07, 6.45) is 2.32. The van der Waals surface area contributed by atoms with Crippen LogP contribution in [0.4, 0.5) is 4.79 Å². The average molecular weight is 393 g/mol. The molecular formula is C20H28N2O4S. The lowest BCUT2D eigenvalue weighted by Gasteiger charge is -2.23. The maximum absolute atomic E-state index is 12.7. The van der Waals surface area contributed by atoms with Crippen LogP contribution in [0, 0.1) is 0 Å². The SMILES string of the molecule is CCC[C@@H](CS(=O)(=O)Cc1cnc2ccccc2c1)NC(=O)OC(C)(C)C. The third-order valence-corrected chi connectivity index (χ3v) is 5.53. The van der Waals surface area contributed by atoms with Gasteiger partial charge in [0.15, 0.2) is 9.84 Å². The van der Waals surface area contributed by atoms with E-state index in [0.717, 1.165) is 17.3 Å². The molecule has 1 amide bonds. The van der Waals surface area contributed by atoms with Crippen LogP contribution in [0.5, 0.6) is 0 Å². The number of nitrogens with one attached hydrogen (secondary N) is 1. The van der Waals surface area contributed by atoms with E-state index in [1.807, 2.05) is 37.3 Å². The lowest BCUT2D eigenvalue weighted by Crippen LogP contribution is -2.42. The molecule has 0 unspecified atom stereocenters. The Kier molecular flexibility index (Phi) is 6.81. The molecule has 0 fully saturated rings. The van der Waals surface area contributed by atoms with E-state index in [9.17, 15) is 13.2 Å². The Hall–Kier alpha value is -2.15. The topological polar surface area (TPSA) is 85.4 Å². The van der Waals surface area contributed by atoms with Crippen molar-refractivity contribution in [1.29, 1.82) is 0 Å². The molecule has 0 radical (unpaired) electrons. The van der Waals surface area contributed by atoms with Gasteiger partial charge in [-0.05, 0) is 44.9 Å². The van der Waals surface area contributed by atoms with Crippen LogP contribution in [0.1, 0.15) is 46.1 Å². The maximum Gasteiger partial charge on any atom is 0.407 e. The Morgan fingerprint density at radius 1 is 1.26 bits per heavy atom. The van der Waals surface area contributed by atoms with Crippen LogP contribution in [0.25, 0.3) is 10.9 Å². The molecule has 7 heteroatoms. The molecular weight excluding hydrogens is 364 g/mol. The predicted molar refractivity (Wildman–Crippen MR) is 107 cm³/mol. The number of ether oxygens (including phenoxy) is 1. The zero-order valence-corrected chi connectivity index (χ0v) is 17.2. The van der Waals surface area contributed by atoms with Gasteiger partial charge in [0.05, 0.1) is 17.0 Å². The van der Waals surface area contributed by atoms with E-state index in [1.54, 1.807) is 27.0 Å². The molecule has 148 valence electrons. The maximum atomic E-state index is 12.7. The van der Waals surface area contributed by atoms with Gasteiger partial charge in [-0.2, -0.15) is 0 Å². The van der Waals surface area contributed by atoms with Crippen molar-refractivity contribution in [2.24, 2.45) is 0 Å². The zero-order valence-electron chi connectivity index (χ0n) is 16.4. The minimum Gasteiger partial charge on any atom is -0.444 e. The highest BCUT2D eigenvalue weighted by Crippen LogP contribution is 2.16. The Bertz CT molecular complexity index is 888. The number of carbonyl (C=O) groups is 1.